The molecule has 4 saturated heterocycles. The SMILES string of the molecule is CO[C@]1(C)C[C@H](O[C@H]2[C@H](C)[C@@H](O[C@@H]3O[C@H](C)C[C@H]4[C@H]3OC(=NC(C)C)N4C)[C@](C)(O)C[C@@H](C)CN(C)C(=O)C[C@@H](CCSC)NC(=O)[C@@H]2C)O[C@@H](C)[C@@H]1O. The number of hydrogen-bond donors (Lipinski definition) is 3. The van der Waals surface area contributed by atoms with Crippen molar-refractivity contribution < 1.29 is 48.2 Å². The first-order valence-corrected chi connectivity index (χ1v) is 21.2. The van der Waals surface area contributed by atoms with Crippen molar-refractivity contribution >= 4 is 29.6 Å². The van der Waals surface area contributed by atoms with Crippen LogP contribution in [0.25, 0.3) is 0 Å². The molecule has 15 heteroatoms. The summed E-state index contributed by atoms with van der Waals surface area (Å²) in [5.74, 6) is -1.09. The van der Waals surface area contributed by atoms with Crippen LogP contribution in [0.5, 0.6) is 0 Å². The second kappa shape index (κ2) is 18.7. The Bertz CT molecular complexity index is 1290. The number of methoxy groups -OCH3 is 1. The van der Waals surface area contributed by atoms with E-state index in [4.69, 9.17) is 33.4 Å². The van der Waals surface area contributed by atoms with E-state index in [-0.39, 0.29) is 61.2 Å². The number of aliphatic hydroxyl groups is 2. The van der Waals surface area contributed by atoms with Crippen LogP contribution in [0.3, 0.4) is 0 Å². The molecule has 54 heavy (non-hydrogen) atoms. The van der Waals surface area contributed by atoms with Gasteiger partial charge in [0.25, 0.3) is 6.02 Å². The van der Waals surface area contributed by atoms with Crippen molar-refractivity contribution in [3.05, 3.63) is 0 Å². The number of thioether (sulfide) groups is 1. The van der Waals surface area contributed by atoms with Crippen LogP contribution in [-0.4, -0.2) is 156 Å². The van der Waals surface area contributed by atoms with Crippen LogP contribution in [-0.2, 0) is 38.0 Å². The molecule has 0 aromatic carbocycles. The number of carbonyl (C=O) groups is 2. The topological polar surface area (TPSA) is 161 Å². The zero-order chi connectivity index (χ0) is 40.3. The van der Waals surface area contributed by atoms with Gasteiger partial charge in [0.15, 0.2) is 18.7 Å². The molecular weight excluding hydrogens is 717 g/mol. The van der Waals surface area contributed by atoms with Gasteiger partial charge in [-0.1, -0.05) is 20.8 Å². The highest BCUT2D eigenvalue weighted by Gasteiger charge is 2.54. The van der Waals surface area contributed by atoms with Gasteiger partial charge in [-0.2, -0.15) is 11.8 Å². The van der Waals surface area contributed by atoms with Gasteiger partial charge in [-0.15, -0.1) is 0 Å². The molecule has 0 aromatic rings. The second-order valence-electron chi connectivity index (χ2n) is 17.2. The number of rotatable bonds is 9. The summed E-state index contributed by atoms with van der Waals surface area (Å²) in [6, 6.07) is 0.0902. The third-order valence-electron chi connectivity index (χ3n) is 11.8. The zero-order valence-corrected chi connectivity index (χ0v) is 35.8. The van der Waals surface area contributed by atoms with Crippen LogP contribution in [0, 0.1) is 17.8 Å². The fourth-order valence-electron chi connectivity index (χ4n) is 8.74. The molecule has 3 N–H and O–H groups in total. The first kappa shape index (κ1) is 45.0. The van der Waals surface area contributed by atoms with Crippen molar-refractivity contribution in [3.8, 4) is 0 Å². The van der Waals surface area contributed by atoms with E-state index < -0.39 is 66.1 Å². The Morgan fingerprint density at radius 3 is 2.39 bits per heavy atom. The number of aliphatic imine (C=N–C) groups is 1. The summed E-state index contributed by atoms with van der Waals surface area (Å²) in [4.78, 5) is 36.3. The van der Waals surface area contributed by atoms with Gasteiger partial charge in [0.2, 0.25) is 11.8 Å². The first-order chi connectivity index (χ1) is 25.2. The van der Waals surface area contributed by atoms with Gasteiger partial charge in [0.05, 0.1) is 47.6 Å². The van der Waals surface area contributed by atoms with E-state index in [0.717, 1.165) is 5.75 Å². The van der Waals surface area contributed by atoms with E-state index in [9.17, 15) is 19.8 Å². The summed E-state index contributed by atoms with van der Waals surface area (Å²) in [5.41, 5.74) is -2.45. The molecule has 4 aliphatic heterocycles. The van der Waals surface area contributed by atoms with Crippen LogP contribution in [0.2, 0.25) is 0 Å². The second-order valence-corrected chi connectivity index (χ2v) is 18.2. The van der Waals surface area contributed by atoms with E-state index in [0.29, 0.717) is 25.4 Å². The average molecular weight is 787 g/mol. The summed E-state index contributed by atoms with van der Waals surface area (Å²) >= 11 is 1.66. The van der Waals surface area contributed by atoms with Crippen LogP contribution >= 0.6 is 11.8 Å². The quantitative estimate of drug-likeness (QED) is 0.313. The largest absolute Gasteiger partial charge is 0.454 e. The molecular formula is C39H70N4O10S. The molecule has 4 rings (SSSR count). The van der Waals surface area contributed by atoms with Gasteiger partial charge < -0.3 is 53.8 Å². The molecule has 4 fully saturated rings. The lowest BCUT2D eigenvalue weighted by Crippen LogP contribution is -2.60. The minimum Gasteiger partial charge on any atom is -0.454 e. The smallest absolute Gasteiger partial charge is 0.288 e. The van der Waals surface area contributed by atoms with E-state index in [1.807, 2.05) is 59.7 Å². The number of amides is 2. The molecule has 312 valence electrons. The maximum Gasteiger partial charge on any atom is 0.288 e. The Labute approximate surface area is 327 Å². The fourth-order valence-corrected chi connectivity index (χ4v) is 9.26. The maximum atomic E-state index is 14.3. The number of carbonyl (C=O) groups excluding carboxylic acids is 2. The van der Waals surface area contributed by atoms with E-state index in [2.05, 4.69) is 5.32 Å². The van der Waals surface area contributed by atoms with Crippen molar-refractivity contribution in [3.63, 3.8) is 0 Å². The molecule has 0 radical (unpaired) electrons. The predicted octanol–water partition coefficient (Wildman–Crippen LogP) is 3.41. The van der Waals surface area contributed by atoms with Crippen LogP contribution in [0.15, 0.2) is 4.99 Å². The molecule has 2 amide bonds. The van der Waals surface area contributed by atoms with Gasteiger partial charge in [-0.05, 0) is 78.7 Å². The van der Waals surface area contributed by atoms with Crippen LogP contribution in [0.4, 0.5) is 0 Å². The summed E-state index contributed by atoms with van der Waals surface area (Å²) in [6.07, 6.45) is -1.76. The lowest BCUT2D eigenvalue weighted by atomic mass is 9.77. The zero-order valence-electron chi connectivity index (χ0n) is 34.9. The normalized spacial score (nSPS) is 43.9. The molecule has 0 spiro atoms. The van der Waals surface area contributed by atoms with Gasteiger partial charge in [0.1, 0.15) is 6.10 Å². The van der Waals surface area contributed by atoms with Gasteiger partial charge in [0, 0.05) is 58.6 Å². The number of fused-ring (bicyclic) bond motifs is 1. The Hall–Kier alpha value is -1.72. The number of nitrogens with one attached hydrogen (secondary N) is 1. The Balaban J connectivity index is 1.78. The highest BCUT2D eigenvalue weighted by atomic mass is 32.2. The number of hydrogen-bond acceptors (Lipinski definition) is 12. The number of likely N-dealkylation sites (N-methyl/N-ethyl adjacent to an activating group) is 1. The molecule has 0 saturated carbocycles. The summed E-state index contributed by atoms with van der Waals surface area (Å²) < 4.78 is 38.8. The number of aliphatic hydroxyl groups excluding tert-OH is 1. The van der Waals surface area contributed by atoms with Crippen molar-refractivity contribution in [2.24, 2.45) is 22.7 Å². The molecule has 15 atom stereocenters. The minimum absolute atomic E-state index is 0.0174. The van der Waals surface area contributed by atoms with Crippen molar-refractivity contribution in [1.29, 1.82) is 0 Å². The average Bonchev–Trinajstić information content (AvgIpc) is 3.39. The third kappa shape index (κ3) is 10.6. The molecule has 0 aliphatic carbocycles. The summed E-state index contributed by atoms with van der Waals surface area (Å²) in [6.45, 7) is 17.5. The highest BCUT2D eigenvalue weighted by molar-refractivity contribution is 7.98. The lowest BCUT2D eigenvalue weighted by Gasteiger charge is -2.48. The minimum atomic E-state index is -1.48. The predicted molar refractivity (Wildman–Crippen MR) is 208 cm³/mol. The standard InChI is InChI=1S/C39H70N4O10S/c1-21(2)40-37-43(11)28-16-23(4)49-36(32(28)52-37)53-34-24(5)31(51-30-19-39(9,48-12)33(45)26(7)50-30)25(6)35(46)41-27(14-15-54-13)17-29(44)42(10)20-22(3)18-38(34,8)47/h21-28,30-34,36,45,47H,14-20H2,1-13H3,(H,41,46)/t22-,23-,24+,25-,26+,27-,28+,30+,31+,32-,33+,34-,36+,38-,39-/m1/s1. The molecule has 0 aromatic heterocycles. The monoisotopic (exact) mass is 786 g/mol. The first-order valence-electron chi connectivity index (χ1n) is 19.8. The molecule has 14 nitrogen and oxygen atoms in total. The number of ether oxygens (including phenoxy) is 6. The van der Waals surface area contributed by atoms with Crippen molar-refractivity contribution in [1.82, 2.24) is 15.1 Å². The highest BCUT2D eigenvalue weighted by Crippen LogP contribution is 2.40. The Morgan fingerprint density at radius 1 is 1.07 bits per heavy atom. The fraction of sp³-hybridized carbons (Fsp3) is 0.923. The van der Waals surface area contributed by atoms with Crippen LogP contribution in [0.1, 0.15) is 94.4 Å². The summed E-state index contributed by atoms with van der Waals surface area (Å²) in [7, 11) is 5.28. The lowest BCUT2D eigenvalue weighted by molar-refractivity contribution is -0.313. The molecule has 4 heterocycles. The molecule has 0 unspecified atom stereocenters. The Kier molecular flexibility index (Phi) is 15.6. The number of nitrogens with zero attached hydrogens (tertiary/aromatic N) is 3. The summed E-state index contributed by atoms with van der Waals surface area (Å²) in [5, 5.41) is 26.8. The maximum absolute atomic E-state index is 14.3. The van der Waals surface area contributed by atoms with Gasteiger partial charge in [-0.25, -0.2) is 4.99 Å². The Morgan fingerprint density at radius 2 is 1.76 bits per heavy atom. The van der Waals surface area contributed by atoms with Crippen LogP contribution < -0.4 is 5.32 Å². The number of amidine groups is 1. The van der Waals surface area contributed by atoms with E-state index >= 15 is 0 Å². The molecule has 4 aliphatic rings. The van der Waals surface area contributed by atoms with E-state index in [1.165, 1.54) is 0 Å². The third-order valence-corrected chi connectivity index (χ3v) is 12.4. The molecule has 0 bridgehead atoms. The van der Waals surface area contributed by atoms with E-state index in [1.54, 1.807) is 51.6 Å². The van der Waals surface area contributed by atoms with Crippen molar-refractivity contribution in [2.75, 3.05) is 39.8 Å². The van der Waals surface area contributed by atoms with Gasteiger partial charge in [-0.3, -0.25) is 9.59 Å². The van der Waals surface area contributed by atoms with Gasteiger partial charge >= 0.3 is 0 Å². The van der Waals surface area contributed by atoms with Crippen molar-refractivity contribution in [2.45, 2.75) is 173 Å².